The molecule has 33 heavy (non-hydrogen) atoms. The number of esters is 1. The molecule has 2 aliphatic rings. The van der Waals surface area contributed by atoms with Gasteiger partial charge in [-0.3, -0.25) is 19.0 Å². The normalized spacial score (nSPS) is 18.7. The zero-order chi connectivity index (χ0) is 23.7. The fraction of sp³-hybridized carbons (Fsp3) is 0.667. The highest BCUT2D eigenvalue weighted by atomic mass is 32.2. The van der Waals surface area contributed by atoms with Gasteiger partial charge < -0.3 is 9.64 Å². The molecule has 180 valence electrons. The van der Waals surface area contributed by atoms with E-state index in [4.69, 9.17) is 9.72 Å². The number of ether oxygens (including phenoxy) is 1. The fourth-order valence-electron chi connectivity index (χ4n) is 4.92. The monoisotopic (exact) mass is 491 g/mol. The highest BCUT2D eigenvalue weighted by Gasteiger charge is 2.32. The SMILES string of the molecule is CCOC(=O)C1CCN(C(=O)[C@H](C)Sc2nc3sc(C)c(C)c3c(=O)n2C2CCCC2)CC1. The second kappa shape index (κ2) is 10.2. The Hall–Kier alpha value is -1.87. The van der Waals surface area contributed by atoms with Gasteiger partial charge in [0.2, 0.25) is 5.91 Å². The van der Waals surface area contributed by atoms with E-state index in [1.165, 1.54) is 11.8 Å². The number of nitrogens with zero attached hydrogens (tertiary/aromatic N) is 3. The number of fused-ring (bicyclic) bond motifs is 1. The summed E-state index contributed by atoms with van der Waals surface area (Å²) in [5.41, 5.74) is 1.05. The molecule has 0 aromatic carbocycles. The van der Waals surface area contributed by atoms with Crippen LogP contribution in [0.2, 0.25) is 0 Å². The summed E-state index contributed by atoms with van der Waals surface area (Å²) < 4.78 is 7.01. The largest absolute Gasteiger partial charge is 0.466 e. The van der Waals surface area contributed by atoms with Crippen molar-refractivity contribution in [2.45, 2.75) is 82.7 Å². The van der Waals surface area contributed by atoms with Gasteiger partial charge in [-0.15, -0.1) is 11.3 Å². The molecule has 3 heterocycles. The smallest absolute Gasteiger partial charge is 0.309 e. The van der Waals surface area contributed by atoms with Crippen LogP contribution in [0.25, 0.3) is 10.2 Å². The van der Waals surface area contributed by atoms with Gasteiger partial charge in [0.05, 0.1) is 23.2 Å². The van der Waals surface area contributed by atoms with Crippen LogP contribution in [0.15, 0.2) is 9.95 Å². The number of thioether (sulfide) groups is 1. The van der Waals surface area contributed by atoms with E-state index < -0.39 is 0 Å². The van der Waals surface area contributed by atoms with E-state index in [1.807, 2.05) is 37.2 Å². The van der Waals surface area contributed by atoms with Crippen molar-refractivity contribution in [3.8, 4) is 0 Å². The van der Waals surface area contributed by atoms with E-state index in [1.54, 1.807) is 11.3 Å². The summed E-state index contributed by atoms with van der Waals surface area (Å²) in [4.78, 5) is 47.4. The average molecular weight is 492 g/mol. The molecule has 1 saturated carbocycles. The van der Waals surface area contributed by atoms with E-state index >= 15 is 0 Å². The first-order chi connectivity index (χ1) is 15.8. The number of thiophene rings is 1. The van der Waals surface area contributed by atoms with Crippen molar-refractivity contribution in [3.63, 3.8) is 0 Å². The molecule has 2 aromatic rings. The van der Waals surface area contributed by atoms with Gasteiger partial charge in [-0.25, -0.2) is 4.98 Å². The number of likely N-dealkylation sites (tertiary alicyclic amines) is 1. The molecule has 1 amide bonds. The minimum absolute atomic E-state index is 0.0335. The van der Waals surface area contributed by atoms with E-state index in [0.29, 0.717) is 37.7 Å². The Morgan fingerprint density at radius 2 is 1.85 bits per heavy atom. The molecule has 2 fully saturated rings. The lowest BCUT2D eigenvalue weighted by Crippen LogP contribution is -2.43. The minimum atomic E-state index is -0.358. The molecular weight excluding hydrogens is 458 g/mol. The summed E-state index contributed by atoms with van der Waals surface area (Å²) >= 11 is 2.95. The highest BCUT2D eigenvalue weighted by molar-refractivity contribution is 8.00. The predicted molar refractivity (Wildman–Crippen MR) is 132 cm³/mol. The van der Waals surface area contributed by atoms with Crippen LogP contribution in [0.1, 0.15) is 68.9 Å². The summed E-state index contributed by atoms with van der Waals surface area (Å²) in [6.45, 7) is 9.22. The van der Waals surface area contributed by atoms with Crippen LogP contribution in [0, 0.1) is 19.8 Å². The predicted octanol–water partition coefficient (Wildman–Crippen LogP) is 4.47. The van der Waals surface area contributed by atoms with Gasteiger partial charge in [0.15, 0.2) is 5.16 Å². The van der Waals surface area contributed by atoms with E-state index in [9.17, 15) is 14.4 Å². The highest BCUT2D eigenvalue weighted by Crippen LogP contribution is 2.36. The van der Waals surface area contributed by atoms with Crippen LogP contribution in [0.4, 0.5) is 0 Å². The number of hydrogen-bond acceptors (Lipinski definition) is 7. The van der Waals surface area contributed by atoms with Crippen molar-refractivity contribution >= 4 is 45.2 Å². The van der Waals surface area contributed by atoms with Crippen LogP contribution in [-0.2, 0) is 14.3 Å². The van der Waals surface area contributed by atoms with Crippen molar-refractivity contribution < 1.29 is 14.3 Å². The van der Waals surface area contributed by atoms with Gasteiger partial charge >= 0.3 is 5.97 Å². The molecule has 0 N–H and O–H groups in total. The molecule has 4 rings (SSSR count). The third-order valence-electron chi connectivity index (χ3n) is 6.95. The molecule has 1 saturated heterocycles. The van der Waals surface area contributed by atoms with Crippen LogP contribution in [0.5, 0.6) is 0 Å². The average Bonchev–Trinajstić information content (AvgIpc) is 3.42. The van der Waals surface area contributed by atoms with Crippen molar-refractivity contribution in [2.24, 2.45) is 5.92 Å². The van der Waals surface area contributed by atoms with Gasteiger partial charge in [-0.2, -0.15) is 0 Å². The zero-order valence-corrected chi connectivity index (χ0v) is 21.5. The summed E-state index contributed by atoms with van der Waals surface area (Å²) in [5, 5.41) is 1.03. The van der Waals surface area contributed by atoms with Crippen molar-refractivity contribution in [2.75, 3.05) is 19.7 Å². The maximum atomic E-state index is 13.6. The topological polar surface area (TPSA) is 81.5 Å². The second-order valence-corrected chi connectivity index (χ2v) is 11.6. The number of amides is 1. The standard InChI is InChI=1S/C24H33N3O4S2/c1-5-31-23(30)17-10-12-26(13-11-17)21(28)16(4)33-24-25-20-19(14(2)15(3)32-20)22(29)27(24)18-8-6-7-9-18/h16-18H,5-13H2,1-4H3/t16-/m0/s1. The molecule has 1 aliphatic heterocycles. The van der Waals surface area contributed by atoms with Crippen LogP contribution in [-0.4, -0.2) is 51.3 Å². The Morgan fingerprint density at radius 1 is 1.18 bits per heavy atom. The quantitative estimate of drug-likeness (QED) is 0.337. The van der Waals surface area contributed by atoms with Gasteiger partial charge in [-0.1, -0.05) is 24.6 Å². The maximum Gasteiger partial charge on any atom is 0.309 e. The molecule has 9 heteroatoms. The summed E-state index contributed by atoms with van der Waals surface area (Å²) in [7, 11) is 0. The van der Waals surface area contributed by atoms with Crippen LogP contribution in [0.3, 0.4) is 0 Å². The Labute approximate surface area is 202 Å². The Balaban J connectivity index is 1.54. The first kappa shape index (κ1) is 24.3. The third kappa shape index (κ3) is 4.85. The Morgan fingerprint density at radius 3 is 2.48 bits per heavy atom. The number of rotatable bonds is 6. The molecule has 7 nitrogen and oxygen atoms in total. The summed E-state index contributed by atoms with van der Waals surface area (Å²) in [6, 6.07) is 0.152. The van der Waals surface area contributed by atoms with Gasteiger partial charge in [0, 0.05) is 24.0 Å². The van der Waals surface area contributed by atoms with E-state index in [-0.39, 0.29) is 34.6 Å². The minimum Gasteiger partial charge on any atom is -0.466 e. The van der Waals surface area contributed by atoms with E-state index in [2.05, 4.69) is 0 Å². The lowest BCUT2D eigenvalue weighted by Gasteiger charge is -2.32. The van der Waals surface area contributed by atoms with Gasteiger partial charge in [0.25, 0.3) is 5.56 Å². The molecule has 2 aromatic heterocycles. The lowest BCUT2D eigenvalue weighted by atomic mass is 9.97. The third-order valence-corrected chi connectivity index (χ3v) is 9.10. The number of carbonyl (C=O) groups excluding carboxylic acids is 2. The number of carbonyl (C=O) groups is 2. The molecule has 0 unspecified atom stereocenters. The Kier molecular flexibility index (Phi) is 7.48. The Bertz CT molecular complexity index is 1100. The number of aromatic nitrogens is 2. The van der Waals surface area contributed by atoms with Crippen LogP contribution < -0.4 is 5.56 Å². The number of aryl methyl sites for hydroxylation is 2. The van der Waals surface area contributed by atoms with Gasteiger partial charge in [-0.05, 0) is 58.9 Å². The van der Waals surface area contributed by atoms with Crippen molar-refractivity contribution in [3.05, 3.63) is 20.8 Å². The molecule has 0 bridgehead atoms. The number of hydrogen-bond donors (Lipinski definition) is 0. The molecule has 1 atom stereocenters. The first-order valence-corrected chi connectivity index (χ1v) is 13.7. The zero-order valence-electron chi connectivity index (χ0n) is 19.9. The lowest BCUT2D eigenvalue weighted by molar-refractivity contribution is -0.151. The first-order valence-electron chi connectivity index (χ1n) is 12.0. The van der Waals surface area contributed by atoms with Crippen molar-refractivity contribution in [1.82, 2.24) is 14.5 Å². The number of piperidine rings is 1. The maximum absolute atomic E-state index is 13.6. The molecule has 0 radical (unpaired) electrons. The summed E-state index contributed by atoms with van der Waals surface area (Å²) in [5.74, 6) is -0.251. The van der Waals surface area contributed by atoms with Gasteiger partial charge in [0.1, 0.15) is 4.83 Å². The molecule has 0 spiro atoms. The summed E-state index contributed by atoms with van der Waals surface area (Å²) in [6.07, 6.45) is 5.45. The van der Waals surface area contributed by atoms with Crippen molar-refractivity contribution in [1.29, 1.82) is 0 Å². The van der Waals surface area contributed by atoms with E-state index in [0.717, 1.165) is 46.3 Å². The second-order valence-electron chi connectivity index (χ2n) is 9.08. The fourth-order valence-corrected chi connectivity index (χ4v) is 7.05. The molecular formula is C24H33N3O4S2. The van der Waals surface area contributed by atoms with Crippen LogP contribution >= 0.6 is 23.1 Å². The molecule has 1 aliphatic carbocycles.